The van der Waals surface area contributed by atoms with Gasteiger partial charge in [-0.25, -0.2) is 4.79 Å². The Morgan fingerprint density at radius 2 is 1.72 bits per heavy atom. The average Bonchev–Trinajstić information content (AvgIpc) is 2.52. The number of carboxylic acid groups (broad SMARTS) is 2. The lowest BCUT2D eigenvalue weighted by Crippen LogP contribution is -2.24. The highest BCUT2D eigenvalue weighted by molar-refractivity contribution is 5.89. The van der Waals surface area contributed by atoms with E-state index in [0.29, 0.717) is 17.4 Å². The topological polar surface area (TPSA) is 86.7 Å². The number of halogens is 3. The molecular formula is C17H12F3O5-. The molecule has 0 radical (unpaired) electrons. The molecule has 0 bridgehead atoms. The first-order chi connectivity index (χ1) is 11.7. The van der Waals surface area contributed by atoms with Crippen LogP contribution < -0.4 is 9.84 Å². The molecule has 2 aromatic carbocycles. The summed E-state index contributed by atoms with van der Waals surface area (Å²) in [5.41, 5.74) is -0.976. The number of aromatic carboxylic acids is 1. The lowest BCUT2D eigenvalue weighted by molar-refractivity contribution is -0.304. The summed E-state index contributed by atoms with van der Waals surface area (Å²) in [7, 11) is 0. The van der Waals surface area contributed by atoms with Crippen molar-refractivity contribution in [3.05, 3.63) is 64.7 Å². The first-order valence-electron chi connectivity index (χ1n) is 7.02. The number of benzene rings is 2. The molecule has 0 saturated heterocycles. The van der Waals surface area contributed by atoms with Crippen LogP contribution in [0.4, 0.5) is 13.2 Å². The number of aliphatic carboxylic acids is 1. The van der Waals surface area contributed by atoms with Crippen LogP contribution in [0.5, 0.6) is 5.75 Å². The number of carboxylic acids is 2. The lowest BCUT2D eigenvalue weighted by atomic mass is 10.0. The predicted molar refractivity (Wildman–Crippen MR) is 77.9 cm³/mol. The van der Waals surface area contributed by atoms with Gasteiger partial charge in [0.25, 0.3) is 0 Å². The number of carbonyl (C=O) groups is 2. The van der Waals surface area contributed by atoms with Crippen LogP contribution >= 0.6 is 0 Å². The van der Waals surface area contributed by atoms with Crippen LogP contribution in [0.25, 0.3) is 0 Å². The molecule has 1 N–H and O–H groups in total. The van der Waals surface area contributed by atoms with E-state index in [2.05, 4.69) is 0 Å². The second-order valence-electron chi connectivity index (χ2n) is 5.16. The fraction of sp³-hybridized carbons (Fsp3) is 0.176. The maximum Gasteiger partial charge on any atom is 0.416 e. The maximum absolute atomic E-state index is 12.7. The normalized spacial score (nSPS) is 11.2. The van der Waals surface area contributed by atoms with Crippen molar-refractivity contribution in [1.29, 1.82) is 0 Å². The van der Waals surface area contributed by atoms with Gasteiger partial charge in [-0.05, 0) is 29.8 Å². The van der Waals surface area contributed by atoms with E-state index in [0.717, 1.165) is 12.1 Å². The van der Waals surface area contributed by atoms with Crippen molar-refractivity contribution in [2.45, 2.75) is 19.2 Å². The summed E-state index contributed by atoms with van der Waals surface area (Å²) in [4.78, 5) is 21.7. The summed E-state index contributed by atoms with van der Waals surface area (Å²) in [6.45, 7) is -0.250. The largest absolute Gasteiger partial charge is 0.550 e. The molecule has 0 unspecified atom stereocenters. The molecule has 0 amide bonds. The minimum absolute atomic E-state index is 0.0827. The summed E-state index contributed by atoms with van der Waals surface area (Å²) in [5.74, 6) is -2.41. The molecule has 0 aliphatic heterocycles. The Hall–Kier alpha value is -3.03. The number of hydrogen-bond donors (Lipinski definition) is 1. The van der Waals surface area contributed by atoms with E-state index >= 15 is 0 Å². The van der Waals surface area contributed by atoms with Crippen molar-refractivity contribution < 1.29 is 37.7 Å². The van der Waals surface area contributed by atoms with Crippen LogP contribution in [0.15, 0.2) is 42.5 Å². The van der Waals surface area contributed by atoms with E-state index in [-0.39, 0.29) is 18.6 Å². The van der Waals surface area contributed by atoms with Gasteiger partial charge in [-0.3, -0.25) is 0 Å². The highest BCUT2D eigenvalue weighted by Gasteiger charge is 2.31. The van der Waals surface area contributed by atoms with Crippen molar-refractivity contribution >= 4 is 11.9 Å². The standard InChI is InChI=1S/C17H13F3O5/c18-17(19,20)12-4-3-11(14(8-12)16(23)24)9-25-13-5-1-10(2-6-13)7-15(21)22/h1-6,8H,7,9H2,(H,21,22)(H,23,24)/p-1. The Bertz CT molecular complexity index is 782. The molecule has 0 aliphatic rings. The highest BCUT2D eigenvalue weighted by Crippen LogP contribution is 2.31. The van der Waals surface area contributed by atoms with Crippen LogP contribution in [0, 0.1) is 0 Å². The quantitative estimate of drug-likeness (QED) is 0.861. The molecule has 0 aromatic heterocycles. The Morgan fingerprint density at radius 1 is 1.08 bits per heavy atom. The third-order valence-electron chi connectivity index (χ3n) is 3.33. The summed E-state index contributed by atoms with van der Waals surface area (Å²) in [5, 5.41) is 19.6. The molecular weight excluding hydrogens is 341 g/mol. The maximum atomic E-state index is 12.7. The van der Waals surface area contributed by atoms with Gasteiger partial charge in [0.15, 0.2) is 0 Å². The van der Waals surface area contributed by atoms with Crippen LogP contribution in [-0.4, -0.2) is 17.0 Å². The average molecular weight is 353 g/mol. The molecule has 0 atom stereocenters. The number of alkyl halides is 3. The Balaban J connectivity index is 2.14. The van der Waals surface area contributed by atoms with E-state index in [9.17, 15) is 27.9 Å². The molecule has 0 aliphatic carbocycles. The first kappa shape index (κ1) is 18.3. The van der Waals surface area contributed by atoms with Crippen LogP contribution in [0.3, 0.4) is 0 Å². The minimum Gasteiger partial charge on any atom is -0.550 e. The van der Waals surface area contributed by atoms with Crippen LogP contribution in [0.1, 0.15) is 27.0 Å². The summed E-state index contributed by atoms with van der Waals surface area (Å²) >= 11 is 0. The molecule has 0 fully saturated rings. The molecule has 0 spiro atoms. The molecule has 2 rings (SSSR count). The zero-order valence-electron chi connectivity index (χ0n) is 12.7. The molecule has 0 saturated carbocycles. The van der Waals surface area contributed by atoms with Crippen molar-refractivity contribution in [1.82, 2.24) is 0 Å². The molecule has 5 nitrogen and oxygen atoms in total. The SMILES string of the molecule is O=C([O-])Cc1ccc(OCc2ccc(C(F)(F)F)cc2C(=O)O)cc1. The third-order valence-corrected chi connectivity index (χ3v) is 3.33. The summed E-state index contributed by atoms with van der Waals surface area (Å²) < 4.78 is 43.4. The van der Waals surface area contributed by atoms with Gasteiger partial charge < -0.3 is 19.7 Å². The molecule has 0 heterocycles. The number of carbonyl (C=O) groups excluding carboxylic acids is 1. The van der Waals surface area contributed by atoms with Crippen molar-refractivity contribution in [2.75, 3.05) is 0 Å². The molecule has 2 aromatic rings. The number of hydrogen-bond acceptors (Lipinski definition) is 4. The Morgan fingerprint density at radius 3 is 2.24 bits per heavy atom. The van der Waals surface area contributed by atoms with Gasteiger partial charge in [-0.1, -0.05) is 18.2 Å². The number of rotatable bonds is 6. The minimum atomic E-state index is -4.64. The first-order valence-corrected chi connectivity index (χ1v) is 7.02. The van der Waals surface area contributed by atoms with Gasteiger partial charge in [0.2, 0.25) is 0 Å². The predicted octanol–water partition coefficient (Wildman–Crippen LogP) is 2.27. The van der Waals surface area contributed by atoms with Crippen molar-refractivity contribution in [3.63, 3.8) is 0 Å². The van der Waals surface area contributed by atoms with Gasteiger partial charge in [0.05, 0.1) is 11.1 Å². The van der Waals surface area contributed by atoms with Crippen LogP contribution in [-0.2, 0) is 24.0 Å². The Kier molecular flexibility index (Phi) is 5.31. The lowest BCUT2D eigenvalue weighted by Gasteiger charge is -2.12. The molecule has 132 valence electrons. The van der Waals surface area contributed by atoms with Crippen molar-refractivity contribution in [3.8, 4) is 5.75 Å². The van der Waals surface area contributed by atoms with Gasteiger partial charge in [-0.2, -0.15) is 13.2 Å². The van der Waals surface area contributed by atoms with Gasteiger partial charge in [-0.15, -0.1) is 0 Å². The smallest absolute Gasteiger partial charge is 0.416 e. The molecule has 8 heteroatoms. The number of ether oxygens (including phenoxy) is 1. The van der Waals surface area contributed by atoms with E-state index in [1.165, 1.54) is 24.3 Å². The van der Waals surface area contributed by atoms with Crippen molar-refractivity contribution in [2.24, 2.45) is 0 Å². The second-order valence-corrected chi connectivity index (χ2v) is 5.16. The van der Waals surface area contributed by atoms with Gasteiger partial charge >= 0.3 is 12.1 Å². The zero-order valence-corrected chi connectivity index (χ0v) is 12.7. The molecule has 25 heavy (non-hydrogen) atoms. The third kappa shape index (κ3) is 4.97. The van der Waals surface area contributed by atoms with Gasteiger partial charge in [0.1, 0.15) is 12.4 Å². The van der Waals surface area contributed by atoms with Crippen LogP contribution in [0.2, 0.25) is 0 Å². The highest BCUT2D eigenvalue weighted by atomic mass is 19.4. The summed E-state index contributed by atoms with van der Waals surface area (Å²) in [6, 6.07) is 8.34. The van der Waals surface area contributed by atoms with Gasteiger partial charge in [0, 0.05) is 18.0 Å². The fourth-order valence-corrected chi connectivity index (χ4v) is 2.11. The monoisotopic (exact) mass is 353 g/mol. The Labute approximate surface area is 140 Å². The van der Waals surface area contributed by atoms with E-state index < -0.39 is 29.2 Å². The zero-order chi connectivity index (χ0) is 18.6. The van der Waals surface area contributed by atoms with E-state index in [4.69, 9.17) is 9.84 Å². The summed E-state index contributed by atoms with van der Waals surface area (Å²) in [6.07, 6.45) is -4.90. The van der Waals surface area contributed by atoms with E-state index in [1.807, 2.05) is 0 Å². The second kappa shape index (κ2) is 7.25. The fourth-order valence-electron chi connectivity index (χ4n) is 2.11. The van der Waals surface area contributed by atoms with E-state index in [1.54, 1.807) is 0 Å².